The number of aliphatic imine (C=N–C) groups is 1. The Hall–Kier alpha value is -2.20. The highest BCUT2D eigenvalue weighted by molar-refractivity contribution is 14.0. The van der Waals surface area contributed by atoms with Gasteiger partial charge in [0.1, 0.15) is 0 Å². The number of nitrogens with zero attached hydrogens (tertiary/aromatic N) is 5. The third-order valence-electron chi connectivity index (χ3n) is 6.29. The summed E-state index contributed by atoms with van der Waals surface area (Å²) >= 11 is 0. The van der Waals surface area contributed by atoms with Gasteiger partial charge in [-0.2, -0.15) is 0 Å². The Morgan fingerprint density at radius 3 is 2.58 bits per heavy atom. The van der Waals surface area contributed by atoms with Gasteiger partial charge in [0.05, 0.1) is 6.54 Å². The maximum absolute atomic E-state index is 4.32. The normalized spacial score (nSPS) is 15.4. The standard InChI is InChI=1S/C25H35N7.HI/c1-26-25(28-20-24-30-29-23-11-5-7-16-32(23)24)27-14-6-8-15-31-17-12-22(13-18-31)19-21-9-3-2-4-10-21;/h2-5,7,9-11,16,22H,6,8,12-15,17-20H2,1H3,(H2,26,27,28);1H. The van der Waals surface area contributed by atoms with E-state index in [0.717, 1.165) is 36.3 Å². The lowest BCUT2D eigenvalue weighted by Gasteiger charge is -2.32. The number of fused-ring (bicyclic) bond motifs is 1. The second-order valence-corrected chi connectivity index (χ2v) is 8.58. The number of rotatable bonds is 9. The maximum atomic E-state index is 4.32. The Morgan fingerprint density at radius 1 is 1.00 bits per heavy atom. The Kier molecular flexibility index (Phi) is 10.4. The van der Waals surface area contributed by atoms with Crippen molar-refractivity contribution in [3.05, 3.63) is 66.1 Å². The topological polar surface area (TPSA) is 69.8 Å². The monoisotopic (exact) mass is 561 g/mol. The minimum absolute atomic E-state index is 0. The number of unbranched alkanes of at least 4 members (excludes halogenated alkanes) is 1. The van der Waals surface area contributed by atoms with Crippen molar-refractivity contribution < 1.29 is 0 Å². The average molecular weight is 562 g/mol. The molecule has 1 aliphatic heterocycles. The van der Waals surface area contributed by atoms with Gasteiger partial charge in [-0.3, -0.25) is 9.39 Å². The molecule has 1 aliphatic rings. The summed E-state index contributed by atoms with van der Waals surface area (Å²) in [6.45, 7) is 5.17. The van der Waals surface area contributed by atoms with Crippen LogP contribution in [0.5, 0.6) is 0 Å². The van der Waals surface area contributed by atoms with Gasteiger partial charge >= 0.3 is 0 Å². The van der Waals surface area contributed by atoms with Gasteiger partial charge < -0.3 is 15.5 Å². The second kappa shape index (κ2) is 13.5. The fourth-order valence-corrected chi connectivity index (χ4v) is 4.42. The first-order valence-corrected chi connectivity index (χ1v) is 11.8. The van der Waals surface area contributed by atoms with Crippen LogP contribution in [0.15, 0.2) is 59.7 Å². The lowest BCUT2D eigenvalue weighted by Crippen LogP contribution is -2.38. The van der Waals surface area contributed by atoms with Crippen molar-refractivity contribution in [2.24, 2.45) is 10.9 Å². The molecule has 4 rings (SSSR count). The molecule has 0 aliphatic carbocycles. The Bertz CT molecular complexity index is 981. The predicted octanol–water partition coefficient (Wildman–Crippen LogP) is 3.75. The van der Waals surface area contributed by atoms with Crippen molar-refractivity contribution in [3.8, 4) is 0 Å². The fraction of sp³-hybridized carbons (Fsp3) is 0.480. The summed E-state index contributed by atoms with van der Waals surface area (Å²) in [5, 5.41) is 15.2. The van der Waals surface area contributed by atoms with E-state index in [-0.39, 0.29) is 24.0 Å². The molecule has 0 radical (unpaired) electrons. The summed E-state index contributed by atoms with van der Waals surface area (Å²) in [5.41, 5.74) is 2.34. The molecular formula is C25H36IN7. The van der Waals surface area contributed by atoms with E-state index in [0.29, 0.717) is 6.54 Å². The molecule has 0 bridgehead atoms. The number of nitrogens with one attached hydrogen (secondary N) is 2. The van der Waals surface area contributed by atoms with Crippen LogP contribution in [0.25, 0.3) is 5.65 Å². The van der Waals surface area contributed by atoms with E-state index >= 15 is 0 Å². The van der Waals surface area contributed by atoms with E-state index in [1.54, 1.807) is 7.05 Å². The van der Waals surface area contributed by atoms with Crippen molar-refractivity contribution in [1.82, 2.24) is 30.1 Å². The van der Waals surface area contributed by atoms with E-state index in [4.69, 9.17) is 0 Å². The number of benzene rings is 1. The summed E-state index contributed by atoms with van der Waals surface area (Å²) in [4.78, 5) is 6.95. The largest absolute Gasteiger partial charge is 0.356 e. The molecule has 3 heterocycles. The predicted molar refractivity (Wildman–Crippen MR) is 145 cm³/mol. The number of guanidine groups is 1. The first-order chi connectivity index (χ1) is 15.8. The van der Waals surface area contributed by atoms with Gasteiger partial charge in [0.15, 0.2) is 17.4 Å². The minimum atomic E-state index is 0. The van der Waals surface area contributed by atoms with Crippen molar-refractivity contribution in [3.63, 3.8) is 0 Å². The molecule has 0 unspecified atom stereocenters. The lowest BCUT2D eigenvalue weighted by molar-refractivity contribution is 0.181. The molecular weight excluding hydrogens is 525 g/mol. The highest BCUT2D eigenvalue weighted by Crippen LogP contribution is 2.21. The third-order valence-corrected chi connectivity index (χ3v) is 6.29. The fourth-order valence-electron chi connectivity index (χ4n) is 4.42. The molecule has 0 atom stereocenters. The van der Waals surface area contributed by atoms with E-state index in [2.05, 4.69) is 61.1 Å². The van der Waals surface area contributed by atoms with Crippen LogP contribution in [-0.4, -0.2) is 58.7 Å². The van der Waals surface area contributed by atoms with Crippen LogP contribution >= 0.6 is 24.0 Å². The van der Waals surface area contributed by atoms with Crippen molar-refractivity contribution >= 4 is 35.6 Å². The molecule has 178 valence electrons. The van der Waals surface area contributed by atoms with Crippen LogP contribution in [0, 0.1) is 5.92 Å². The van der Waals surface area contributed by atoms with E-state index in [9.17, 15) is 0 Å². The summed E-state index contributed by atoms with van der Waals surface area (Å²) in [7, 11) is 1.80. The van der Waals surface area contributed by atoms with Crippen molar-refractivity contribution in [2.75, 3.05) is 33.2 Å². The SMILES string of the molecule is CN=C(NCCCCN1CCC(Cc2ccccc2)CC1)NCc1nnc2ccccn12.I. The quantitative estimate of drug-likeness (QED) is 0.180. The molecule has 8 heteroatoms. The molecule has 0 saturated carbocycles. The number of pyridine rings is 1. The molecule has 2 aromatic heterocycles. The van der Waals surface area contributed by atoms with Gasteiger partial charge in [-0.05, 0) is 75.4 Å². The number of likely N-dealkylation sites (tertiary alicyclic amines) is 1. The highest BCUT2D eigenvalue weighted by atomic mass is 127. The molecule has 0 spiro atoms. The number of hydrogen-bond acceptors (Lipinski definition) is 4. The smallest absolute Gasteiger partial charge is 0.191 e. The molecule has 1 aromatic carbocycles. The molecule has 3 aromatic rings. The second-order valence-electron chi connectivity index (χ2n) is 8.58. The lowest BCUT2D eigenvalue weighted by atomic mass is 9.90. The molecule has 0 amide bonds. The molecule has 2 N–H and O–H groups in total. The molecule has 7 nitrogen and oxygen atoms in total. The first-order valence-electron chi connectivity index (χ1n) is 11.8. The van der Waals surface area contributed by atoms with Crippen LogP contribution in [0.1, 0.15) is 37.1 Å². The number of piperidine rings is 1. The number of hydrogen-bond donors (Lipinski definition) is 2. The Morgan fingerprint density at radius 2 is 1.79 bits per heavy atom. The minimum Gasteiger partial charge on any atom is -0.356 e. The van der Waals surface area contributed by atoms with Crippen LogP contribution in [0.2, 0.25) is 0 Å². The van der Waals surface area contributed by atoms with Gasteiger partial charge in [0, 0.05) is 19.8 Å². The van der Waals surface area contributed by atoms with Gasteiger partial charge in [0.25, 0.3) is 0 Å². The molecule has 1 saturated heterocycles. The van der Waals surface area contributed by atoms with Gasteiger partial charge in [-0.1, -0.05) is 36.4 Å². The molecule has 33 heavy (non-hydrogen) atoms. The number of halogens is 1. The van der Waals surface area contributed by atoms with Crippen LogP contribution in [0.3, 0.4) is 0 Å². The molecule has 1 fully saturated rings. The van der Waals surface area contributed by atoms with Crippen molar-refractivity contribution in [2.45, 2.75) is 38.6 Å². The maximum Gasteiger partial charge on any atom is 0.191 e. The zero-order valence-electron chi connectivity index (χ0n) is 19.5. The van der Waals surface area contributed by atoms with Crippen LogP contribution in [0.4, 0.5) is 0 Å². The Labute approximate surface area is 214 Å². The summed E-state index contributed by atoms with van der Waals surface area (Å²) in [6.07, 6.45) is 8.20. The van der Waals surface area contributed by atoms with Crippen molar-refractivity contribution in [1.29, 1.82) is 0 Å². The van der Waals surface area contributed by atoms with Gasteiger partial charge in [0.2, 0.25) is 0 Å². The average Bonchev–Trinajstić information content (AvgIpc) is 3.26. The van der Waals surface area contributed by atoms with Gasteiger partial charge in [-0.25, -0.2) is 0 Å². The third kappa shape index (κ3) is 7.67. The summed E-state index contributed by atoms with van der Waals surface area (Å²) in [5.74, 6) is 2.52. The van der Waals surface area contributed by atoms with E-state index in [1.807, 2.05) is 28.8 Å². The Balaban J connectivity index is 0.00000306. The van der Waals surface area contributed by atoms with E-state index < -0.39 is 0 Å². The summed E-state index contributed by atoms with van der Waals surface area (Å²) in [6, 6.07) is 16.8. The zero-order chi connectivity index (χ0) is 22.0. The van der Waals surface area contributed by atoms with Crippen LogP contribution < -0.4 is 10.6 Å². The van der Waals surface area contributed by atoms with E-state index in [1.165, 1.54) is 50.9 Å². The first kappa shape index (κ1) is 25.4. The number of aromatic nitrogens is 3. The zero-order valence-corrected chi connectivity index (χ0v) is 21.8. The highest BCUT2D eigenvalue weighted by Gasteiger charge is 2.18. The van der Waals surface area contributed by atoms with Gasteiger partial charge in [-0.15, -0.1) is 34.2 Å². The summed E-state index contributed by atoms with van der Waals surface area (Å²) < 4.78 is 1.99. The van der Waals surface area contributed by atoms with Crippen LogP contribution in [-0.2, 0) is 13.0 Å².